The number of piperazine rings is 1. The number of rotatable bonds is 5. The topological polar surface area (TPSA) is 108 Å². The lowest BCUT2D eigenvalue weighted by molar-refractivity contribution is -0.117. The molecule has 10 heteroatoms. The summed E-state index contributed by atoms with van der Waals surface area (Å²) >= 11 is 0. The Bertz CT molecular complexity index is 1040. The van der Waals surface area contributed by atoms with Gasteiger partial charge in [-0.05, 0) is 47.7 Å². The van der Waals surface area contributed by atoms with Crippen LogP contribution in [0.5, 0.6) is 0 Å². The number of aryl methyl sites for hydroxylation is 1. The van der Waals surface area contributed by atoms with Gasteiger partial charge in [0.1, 0.15) is 0 Å². The summed E-state index contributed by atoms with van der Waals surface area (Å²) in [4.78, 5) is 28.7. The second kappa shape index (κ2) is 9.35. The van der Waals surface area contributed by atoms with Crippen LogP contribution in [0.2, 0.25) is 0 Å². The van der Waals surface area contributed by atoms with Crippen LogP contribution in [-0.4, -0.2) is 74.7 Å². The van der Waals surface area contributed by atoms with Gasteiger partial charge in [-0.3, -0.25) is 9.69 Å². The summed E-state index contributed by atoms with van der Waals surface area (Å²) in [6.07, 6.45) is 0. The van der Waals surface area contributed by atoms with E-state index in [9.17, 15) is 9.59 Å². The zero-order valence-electron chi connectivity index (χ0n) is 17.2. The Kier molecular flexibility index (Phi) is 6.18. The van der Waals surface area contributed by atoms with Gasteiger partial charge in [-0.2, -0.15) is 4.68 Å². The summed E-state index contributed by atoms with van der Waals surface area (Å²) in [6, 6.07) is 16.6. The van der Waals surface area contributed by atoms with Gasteiger partial charge in [-0.1, -0.05) is 24.3 Å². The molecule has 160 valence electrons. The van der Waals surface area contributed by atoms with Gasteiger partial charge in [0.25, 0.3) is 0 Å². The van der Waals surface area contributed by atoms with Gasteiger partial charge >= 0.3 is 6.03 Å². The van der Waals surface area contributed by atoms with E-state index < -0.39 is 0 Å². The third-order valence-corrected chi connectivity index (χ3v) is 5.05. The molecule has 10 nitrogen and oxygen atoms in total. The minimum absolute atomic E-state index is 0.0567. The van der Waals surface area contributed by atoms with Crippen molar-refractivity contribution in [2.45, 2.75) is 6.92 Å². The molecule has 0 spiro atoms. The maximum absolute atomic E-state index is 12.7. The zero-order valence-corrected chi connectivity index (χ0v) is 17.2. The van der Waals surface area contributed by atoms with E-state index in [1.807, 2.05) is 66.4 Å². The van der Waals surface area contributed by atoms with Gasteiger partial charge in [0.15, 0.2) is 5.82 Å². The van der Waals surface area contributed by atoms with Crippen molar-refractivity contribution in [2.24, 2.45) is 0 Å². The summed E-state index contributed by atoms with van der Waals surface area (Å²) in [7, 11) is 0. The summed E-state index contributed by atoms with van der Waals surface area (Å²) in [5.41, 5.74) is 2.22. The molecule has 0 radical (unpaired) electrons. The summed E-state index contributed by atoms with van der Waals surface area (Å²) < 4.78 is 1.61. The molecular weight excluding hydrogens is 396 g/mol. The molecule has 4 rings (SSSR count). The molecule has 1 saturated heterocycles. The molecule has 3 amide bonds. The van der Waals surface area contributed by atoms with Crippen molar-refractivity contribution in [3.63, 3.8) is 0 Å². The Morgan fingerprint density at radius 1 is 0.935 bits per heavy atom. The number of tetrazole rings is 1. The number of hydrogen-bond acceptors (Lipinski definition) is 6. The molecule has 0 saturated carbocycles. The molecular formula is C21H24N8O2. The second-order valence-electron chi connectivity index (χ2n) is 7.30. The van der Waals surface area contributed by atoms with Crippen molar-refractivity contribution in [1.82, 2.24) is 30.0 Å². The van der Waals surface area contributed by atoms with E-state index in [0.717, 1.165) is 11.4 Å². The van der Waals surface area contributed by atoms with Gasteiger partial charge in [0, 0.05) is 37.6 Å². The van der Waals surface area contributed by atoms with Crippen LogP contribution in [0.3, 0.4) is 0 Å². The highest BCUT2D eigenvalue weighted by Gasteiger charge is 2.22. The number of anilines is 2. The fourth-order valence-electron chi connectivity index (χ4n) is 3.42. The van der Waals surface area contributed by atoms with E-state index in [-0.39, 0.29) is 11.9 Å². The van der Waals surface area contributed by atoms with Gasteiger partial charge < -0.3 is 15.5 Å². The van der Waals surface area contributed by atoms with Crippen LogP contribution in [-0.2, 0) is 4.79 Å². The standard InChI is InChI=1S/C21H24N8O2/c1-16-24-25-26-29(16)19-9-5-8-18(14-19)23-21(31)28-12-10-27(11-13-28)15-20(30)22-17-6-3-2-4-7-17/h2-9,14H,10-13,15H2,1H3,(H,22,30)(H,23,31). The fourth-order valence-corrected chi connectivity index (χ4v) is 3.42. The Morgan fingerprint density at radius 3 is 2.39 bits per heavy atom. The quantitative estimate of drug-likeness (QED) is 0.651. The third kappa shape index (κ3) is 5.23. The van der Waals surface area contributed by atoms with Gasteiger partial charge in [0.05, 0.1) is 12.2 Å². The lowest BCUT2D eigenvalue weighted by Gasteiger charge is -2.34. The zero-order chi connectivity index (χ0) is 21.6. The van der Waals surface area contributed by atoms with E-state index >= 15 is 0 Å². The lowest BCUT2D eigenvalue weighted by atomic mass is 10.2. The van der Waals surface area contributed by atoms with Crippen LogP contribution < -0.4 is 10.6 Å². The number of amides is 3. The fraction of sp³-hybridized carbons (Fsp3) is 0.286. The number of urea groups is 1. The first kappa shape index (κ1) is 20.5. The Labute approximate surface area is 179 Å². The highest BCUT2D eigenvalue weighted by atomic mass is 16.2. The van der Waals surface area contributed by atoms with Crippen molar-refractivity contribution < 1.29 is 9.59 Å². The summed E-state index contributed by atoms with van der Waals surface area (Å²) in [6.45, 7) is 4.49. The SMILES string of the molecule is Cc1nnnn1-c1cccc(NC(=O)N2CCN(CC(=O)Nc3ccccc3)CC2)c1. The maximum Gasteiger partial charge on any atom is 0.321 e. The summed E-state index contributed by atoms with van der Waals surface area (Å²) in [5.74, 6) is 0.606. The summed E-state index contributed by atoms with van der Waals surface area (Å²) in [5, 5.41) is 17.3. The van der Waals surface area contributed by atoms with Crippen LogP contribution in [0.1, 0.15) is 5.82 Å². The number of carbonyl (C=O) groups excluding carboxylic acids is 2. The highest BCUT2D eigenvalue weighted by Crippen LogP contribution is 2.16. The van der Waals surface area contributed by atoms with Crippen molar-refractivity contribution in [1.29, 1.82) is 0 Å². The second-order valence-corrected chi connectivity index (χ2v) is 7.30. The lowest BCUT2D eigenvalue weighted by Crippen LogP contribution is -2.51. The van der Waals surface area contributed by atoms with Crippen LogP contribution in [0.15, 0.2) is 54.6 Å². The number of nitrogens with zero attached hydrogens (tertiary/aromatic N) is 6. The molecule has 0 bridgehead atoms. The van der Waals surface area contributed by atoms with E-state index in [1.54, 1.807) is 9.58 Å². The number of benzene rings is 2. The Morgan fingerprint density at radius 2 is 1.68 bits per heavy atom. The first-order valence-electron chi connectivity index (χ1n) is 10.1. The predicted molar refractivity (Wildman–Crippen MR) is 116 cm³/mol. The minimum Gasteiger partial charge on any atom is -0.325 e. The van der Waals surface area contributed by atoms with Crippen LogP contribution in [0.25, 0.3) is 5.69 Å². The first-order valence-corrected chi connectivity index (χ1v) is 10.1. The number of aromatic nitrogens is 4. The van der Waals surface area contributed by atoms with E-state index in [1.165, 1.54) is 0 Å². The molecule has 2 N–H and O–H groups in total. The van der Waals surface area contributed by atoms with Gasteiger partial charge in [-0.15, -0.1) is 5.10 Å². The maximum atomic E-state index is 12.7. The van der Waals surface area contributed by atoms with Crippen molar-refractivity contribution in [2.75, 3.05) is 43.4 Å². The average Bonchev–Trinajstić information content (AvgIpc) is 3.21. The molecule has 0 unspecified atom stereocenters. The molecule has 0 aliphatic carbocycles. The number of carbonyl (C=O) groups is 2. The molecule has 3 aromatic rings. The molecule has 2 heterocycles. The minimum atomic E-state index is -0.168. The average molecular weight is 420 g/mol. The molecule has 31 heavy (non-hydrogen) atoms. The van der Waals surface area contributed by atoms with Gasteiger partial charge in [0.2, 0.25) is 5.91 Å². The normalized spacial score (nSPS) is 14.3. The first-order chi connectivity index (χ1) is 15.1. The largest absolute Gasteiger partial charge is 0.325 e. The molecule has 1 fully saturated rings. The molecule has 2 aromatic carbocycles. The highest BCUT2D eigenvalue weighted by molar-refractivity contribution is 5.92. The molecule has 1 aliphatic rings. The molecule has 1 aliphatic heterocycles. The number of hydrogen-bond donors (Lipinski definition) is 2. The molecule has 1 aromatic heterocycles. The van der Waals surface area contributed by atoms with Crippen molar-refractivity contribution in [3.05, 3.63) is 60.4 Å². The van der Waals surface area contributed by atoms with E-state index in [2.05, 4.69) is 26.2 Å². The van der Waals surface area contributed by atoms with Crippen molar-refractivity contribution >= 4 is 23.3 Å². The van der Waals surface area contributed by atoms with Crippen molar-refractivity contribution in [3.8, 4) is 5.69 Å². The van der Waals surface area contributed by atoms with Gasteiger partial charge in [-0.25, -0.2) is 4.79 Å². The monoisotopic (exact) mass is 420 g/mol. The van der Waals surface area contributed by atoms with Crippen LogP contribution >= 0.6 is 0 Å². The van der Waals surface area contributed by atoms with E-state index in [4.69, 9.17) is 0 Å². The predicted octanol–water partition coefficient (Wildman–Crippen LogP) is 1.76. The Balaban J connectivity index is 1.27. The Hall–Kier alpha value is -3.79. The number of para-hydroxylation sites is 1. The third-order valence-electron chi connectivity index (χ3n) is 5.05. The van der Waals surface area contributed by atoms with Crippen LogP contribution in [0, 0.1) is 6.92 Å². The number of nitrogens with one attached hydrogen (secondary N) is 2. The van der Waals surface area contributed by atoms with Crippen LogP contribution in [0.4, 0.5) is 16.2 Å². The van der Waals surface area contributed by atoms with E-state index in [0.29, 0.717) is 44.2 Å². The molecule has 0 atom stereocenters. The smallest absolute Gasteiger partial charge is 0.321 e.